The minimum Gasteiger partial charge on any atom is -0.375 e. The second kappa shape index (κ2) is 7.26. The van der Waals surface area contributed by atoms with Crippen LogP contribution in [-0.4, -0.2) is 31.7 Å². The molecule has 19 heavy (non-hydrogen) atoms. The first-order valence-corrected chi connectivity index (χ1v) is 6.95. The Balaban J connectivity index is 1.79. The Hall–Kier alpha value is -1.39. The number of hydrogen-bond acceptors (Lipinski definition) is 3. The zero-order valence-corrected chi connectivity index (χ0v) is 11.4. The topological polar surface area (TPSA) is 50.4 Å². The average molecular weight is 262 g/mol. The van der Waals surface area contributed by atoms with Gasteiger partial charge in [0.2, 0.25) is 5.91 Å². The van der Waals surface area contributed by atoms with Crippen molar-refractivity contribution in [2.75, 3.05) is 19.7 Å². The van der Waals surface area contributed by atoms with Crippen molar-refractivity contribution in [1.29, 1.82) is 0 Å². The van der Waals surface area contributed by atoms with E-state index in [4.69, 9.17) is 4.74 Å². The highest BCUT2D eigenvalue weighted by Crippen LogP contribution is 2.09. The Morgan fingerprint density at radius 3 is 2.89 bits per heavy atom. The van der Waals surface area contributed by atoms with Gasteiger partial charge in [-0.25, -0.2) is 0 Å². The van der Waals surface area contributed by atoms with E-state index in [0.29, 0.717) is 19.6 Å². The van der Waals surface area contributed by atoms with E-state index in [-0.39, 0.29) is 12.0 Å². The van der Waals surface area contributed by atoms with Crippen LogP contribution in [0.5, 0.6) is 0 Å². The van der Waals surface area contributed by atoms with E-state index >= 15 is 0 Å². The van der Waals surface area contributed by atoms with Crippen molar-refractivity contribution < 1.29 is 9.53 Å². The molecule has 1 aromatic rings. The van der Waals surface area contributed by atoms with Crippen LogP contribution in [0.1, 0.15) is 24.5 Å². The van der Waals surface area contributed by atoms with Crippen LogP contribution in [0.2, 0.25) is 0 Å². The molecule has 1 saturated heterocycles. The molecule has 2 N–H and O–H groups in total. The lowest BCUT2D eigenvalue weighted by Crippen LogP contribution is -2.41. The number of ether oxygens (including phenoxy) is 1. The first-order valence-electron chi connectivity index (χ1n) is 6.95. The van der Waals surface area contributed by atoms with Gasteiger partial charge in [-0.05, 0) is 17.5 Å². The van der Waals surface area contributed by atoms with Gasteiger partial charge in [-0.3, -0.25) is 4.79 Å². The number of amides is 1. The molecule has 1 aromatic carbocycles. The summed E-state index contributed by atoms with van der Waals surface area (Å²) in [5, 5.41) is 6.20. The standard InChI is InChI=1S/C15H22N2O2/c1-2-12-5-3-4-6-13(12)10-17-15(18)9-14-11-16-7-8-19-14/h3-6,14,16H,2,7-11H2,1H3,(H,17,18). The van der Waals surface area contributed by atoms with Crippen LogP contribution < -0.4 is 10.6 Å². The predicted octanol–water partition coefficient (Wildman–Crippen LogP) is 1.24. The zero-order valence-electron chi connectivity index (χ0n) is 11.4. The SMILES string of the molecule is CCc1ccccc1CNC(=O)CC1CNCCO1. The van der Waals surface area contributed by atoms with Gasteiger partial charge in [0.05, 0.1) is 19.1 Å². The maximum absolute atomic E-state index is 11.9. The maximum atomic E-state index is 11.9. The molecule has 2 rings (SSSR count). The minimum atomic E-state index is 0.00942. The molecule has 0 spiro atoms. The van der Waals surface area contributed by atoms with Crippen molar-refractivity contribution in [2.24, 2.45) is 0 Å². The van der Waals surface area contributed by atoms with Crippen LogP contribution >= 0.6 is 0 Å². The van der Waals surface area contributed by atoms with Gasteiger partial charge in [-0.1, -0.05) is 31.2 Å². The summed E-state index contributed by atoms with van der Waals surface area (Å²) in [6.07, 6.45) is 1.43. The van der Waals surface area contributed by atoms with E-state index in [1.54, 1.807) is 0 Å². The normalized spacial score (nSPS) is 19.1. The third-order valence-electron chi connectivity index (χ3n) is 3.39. The minimum absolute atomic E-state index is 0.00942. The Kier molecular flexibility index (Phi) is 5.36. The quantitative estimate of drug-likeness (QED) is 0.839. The summed E-state index contributed by atoms with van der Waals surface area (Å²) in [6.45, 7) is 5.06. The second-order valence-corrected chi connectivity index (χ2v) is 4.80. The molecule has 4 nitrogen and oxygen atoms in total. The highest BCUT2D eigenvalue weighted by Gasteiger charge is 2.17. The van der Waals surface area contributed by atoms with E-state index in [2.05, 4.69) is 29.7 Å². The second-order valence-electron chi connectivity index (χ2n) is 4.80. The number of rotatable bonds is 5. The lowest BCUT2D eigenvalue weighted by molar-refractivity contribution is -0.124. The molecule has 0 aliphatic carbocycles. The van der Waals surface area contributed by atoms with E-state index in [1.807, 2.05) is 12.1 Å². The molecular weight excluding hydrogens is 240 g/mol. The zero-order chi connectivity index (χ0) is 13.5. The van der Waals surface area contributed by atoms with Gasteiger partial charge in [-0.2, -0.15) is 0 Å². The van der Waals surface area contributed by atoms with Crippen LogP contribution in [0.4, 0.5) is 0 Å². The molecule has 0 saturated carbocycles. The Morgan fingerprint density at radius 2 is 2.21 bits per heavy atom. The monoisotopic (exact) mass is 262 g/mol. The first kappa shape index (κ1) is 14.0. The van der Waals surface area contributed by atoms with Crippen LogP contribution in [0.15, 0.2) is 24.3 Å². The fraction of sp³-hybridized carbons (Fsp3) is 0.533. The number of carbonyl (C=O) groups is 1. The average Bonchev–Trinajstić information content (AvgIpc) is 2.46. The molecule has 0 bridgehead atoms. The maximum Gasteiger partial charge on any atom is 0.222 e. The summed E-state index contributed by atoms with van der Waals surface area (Å²) in [4.78, 5) is 11.9. The van der Waals surface area contributed by atoms with Gasteiger partial charge in [0.1, 0.15) is 0 Å². The summed E-state index contributed by atoms with van der Waals surface area (Å²) in [6, 6.07) is 8.22. The number of nitrogens with one attached hydrogen (secondary N) is 2. The van der Waals surface area contributed by atoms with Gasteiger partial charge in [-0.15, -0.1) is 0 Å². The van der Waals surface area contributed by atoms with Crippen LogP contribution in [0.3, 0.4) is 0 Å². The summed E-state index contributed by atoms with van der Waals surface area (Å²) in [7, 11) is 0. The van der Waals surface area contributed by atoms with Crippen molar-refractivity contribution in [1.82, 2.24) is 10.6 Å². The number of benzene rings is 1. The molecule has 1 heterocycles. The largest absolute Gasteiger partial charge is 0.375 e. The van der Waals surface area contributed by atoms with Crippen molar-refractivity contribution in [2.45, 2.75) is 32.4 Å². The third kappa shape index (κ3) is 4.33. The fourth-order valence-corrected chi connectivity index (χ4v) is 2.30. The van der Waals surface area contributed by atoms with Crippen molar-refractivity contribution in [3.05, 3.63) is 35.4 Å². The van der Waals surface area contributed by atoms with Crippen molar-refractivity contribution in [3.63, 3.8) is 0 Å². The molecular formula is C15H22N2O2. The third-order valence-corrected chi connectivity index (χ3v) is 3.39. The van der Waals surface area contributed by atoms with Gasteiger partial charge in [0, 0.05) is 19.6 Å². The molecule has 0 aromatic heterocycles. The molecule has 1 aliphatic heterocycles. The lowest BCUT2D eigenvalue weighted by atomic mass is 10.1. The molecule has 0 radical (unpaired) electrons. The van der Waals surface area contributed by atoms with Gasteiger partial charge < -0.3 is 15.4 Å². The fourth-order valence-electron chi connectivity index (χ4n) is 2.30. The Morgan fingerprint density at radius 1 is 1.42 bits per heavy atom. The smallest absolute Gasteiger partial charge is 0.222 e. The van der Waals surface area contributed by atoms with E-state index in [9.17, 15) is 4.79 Å². The lowest BCUT2D eigenvalue weighted by Gasteiger charge is -2.23. The van der Waals surface area contributed by atoms with Crippen molar-refractivity contribution in [3.8, 4) is 0 Å². The van der Waals surface area contributed by atoms with Crippen LogP contribution in [-0.2, 0) is 22.5 Å². The van der Waals surface area contributed by atoms with E-state index < -0.39 is 0 Å². The highest BCUT2D eigenvalue weighted by atomic mass is 16.5. The summed E-state index contributed by atoms with van der Waals surface area (Å²) >= 11 is 0. The van der Waals surface area contributed by atoms with E-state index in [0.717, 1.165) is 19.5 Å². The van der Waals surface area contributed by atoms with E-state index in [1.165, 1.54) is 11.1 Å². The summed E-state index contributed by atoms with van der Waals surface area (Å²) in [5.41, 5.74) is 2.49. The number of aryl methyl sites for hydroxylation is 1. The van der Waals surface area contributed by atoms with Crippen molar-refractivity contribution >= 4 is 5.91 Å². The predicted molar refractivity (Wildman–Crippen MR) is 74.9 cm³/mol. The molecule has 1 unspecified atom stereocenters. The van der Waals surface area contributed by atoms with Gasteiger partial charge in [0.25, 0.3) is 0 Å². The first-order chi connectivity index (χ1) is 9.29. The number of hydrogen-bond donors (Lipinski definition) is 2. The molecule has 1 atom stereocenters. The summed E-state index contributed by atoms with van der Waals surface area (Å²) in [5.74, 6) is 0.0552. The molecule has 1 aliphatic rings. The Bertz CT molecular complexity index is 414. The number of carbonyl (C=O) groups excluding carboxylic acids is 1. The molecule has 4 heteroatoms. The Labute approximate surface area is 114 Å². The molecule has 104 valence electrons. The highest BCUT2D eigenvalue weighted by molar-refractivity contribution is 5.76. The van der Waals surface area contributed by atoms with Crippen LogP contribution in [0, 0.1) is 0 Å². The number of morpholine rings is 1. The van der Waals surface area contributed by atoms with Gasteiger partial charge in [0.15, 0.2) is 0 Å². The summed E-state index contributed by atoms with van der Waals surface area (Å²) < 4.78 is 5.52. The van der Waals surface area contributed by atoms with Gasteiger partial charge >= 0.3 is 0 Å². The molecule has 1 fully saturated rings. The van der Waals surface area contributed by atoms with Crippen LogP contribution in [0.25, 0.3) is 0 Å². The molecule has 1 amide bonds.